The number of nitrogens with two attached hydrogens (primary N) is 1. The fraction of sp³-hybridized carbons (Fsp3) is 0.462. The number of hydrogen-bond acceptors (Lipinski definition) is 4. The maximum absolute atomic E-state index is 6.23. The predicted octanol–water partition coefficient (Wildman–Crippen LogP) is 3.42. The molecule has 1 heterocycles. The van der Waals surface area contributed by atoms with Gasteiger partial charge < -0.3 is 5.73 Å². The first kappa shape index (κ1) is 13.6. The Balaban J connectivity index is 1.88. The molecule has 1 saturated carbocycles. The topological polar surface area (TPSA) is 69.6 Å². The molecule has 0 unspecified atom stereocenters. The number of nitrogens with zero attached hydrogens (tertiary/aromatic N) is 4. The zero-order chi connectivity index (χ0) is 14.1. The van der Waals surface area contributed by atoms with Crippen molar-refractivity contribution in [1.29, 1.82) is 0 Å². The molecule has 0 aliphatic heterocycles. The lowest BCUT2D eigenvalue weighted by Gasteiger charge is -2.25. The summed E-state index contributed by atoms with van der Waals surface area (Å²) in [7, 11) is 0. The van der Waals surface area contributed by atoms with E-state index in [2.05, 4.69) is 15.5 Å². The average molecular weight is 312 g/mol. The first-order valence-electron chi connectivity index (χ1n) is 6.66. The highest BCUT2D eigenvalue weighted by Gasteiger charge is 2.20. The van der Waals surface area contributed by atoms with Gasteiger partial charge in [0.15, 0.2) is 5.82 Å². The Kier molecular flexibility index (Phi) is 3.81. The van der Waals surface area contributed by atoms with E-state index >= 15 is 0 Å². The van der Waals surface area contributed by atoms with Crippen molar-refractivity contribution < 1.29 is 0 Å². The summed E-state index contributed by atoms with van der Waals surface area (Å²) in [5, 5.41) is 12.7. The molecule has 0 amide bonds. The molecule has 5 nitrogen and oxygen atoms in total. The molecule has 1 aliphatic carbocycles. The van der Waals surface area contributed by atoms with Crippen molar-refractivity contribution in [3.05, 3.63) is 22.2 Å². The molecule has 1 aromatic carbocycles. The highest BCUT2D eigenvalue weighted by atomic mass is 35.5. The third-order valence-corrected chi connectivity index (χ3v) is 4.60. The third kappa shape index (κ3) is 2.60. The summed E-state index contributed by atoms with van der Waals surface area (Å²) in [5.41, 5.74) is 7.04. The summed E-state index contributed by atoms with van der Waals surface area (Å²) in [6, 6.07) is 3.37. The number of tetrazole rings is 1. The Bertz CT molecular complexity index is 621. The smallest absolute Gasteiger partial charge is 0.183 e. The second-order valence-corrected chi connectivity index (χ2v) is 5.96. The van der Waals surface area contributed by atoms with Gasteiger partial charge >= 0.3 is 0 Å². The molecule has 0 saturated heterocycles. The van der Waals surface area contributed by atoms with Crippen molar-refractivity contribution in [2.45, 2.75) is 32.2 Å². The van der Waals surface area contributed by atoms with Gasteiger partial charge in [0.25, 0.3) is 0 Å². The van der Waals surface area contributed by atoms with E-state index in [1.165, 1.54) is 19.3 Å². The van der Waals surface area contributed by atoms with Gasteiger partial charge in [0, 0.05) is 17.8 Å². The molecular formula is C13H15Cl2N5. The van der Waals surface area contributed by atoms with Gasteiger partial charge in [-0.2, -0.15) is 0 Å². The van der Waals surface area contributed by atoms with Gasteiger partial charge in [0.2, 0.25) is 0 Å². The Labute approximate surface area is 127 Å². The van der Waals surface area contributed by atoms with Crippen molar-refractivity contribution in [3.8, 4) is 11.4 Å². The Morgan fingerprint density at radius 3 is 2.80 bits per heavy atom. The minimum Gasteiger partial charge on any atom is -0.399 e. The standard InChI is InChI=1S/C13H15Cl2N5/c14-11-7-9(16)6-10(12(11)15)13-17-18-19-20(13)5-4-8-2-1-3-8/h6-8H,1-5,16H2. The summed E-state index contributed by atoms with van der Waals surface area (Å²) < 4.78 is 1.77. The van der Waals surface area contributed by atoms with Crippen LogP contribution in [0.5, 0.6) is 0 Å². The molecule has 0 atom stereocenters. The summed E-state index contributed by atoms with van der Waals surface area (Å²) in [5.74, 6) is 1.41. The van der Waals surface area contributed by atoms with Crippen LogP contribution in [-0.4, -0.2) is 20.2 Å². The molecule has 7 heteroatoms. The van der Waals surface area contributed by atoms with Crippen molar-refractivity contribution in [3.63, 3.8) is 0 Å². The largest absolute Gasteiger partial charge is 0.399 e. The van der Waals surface area contributed by atoms with E-state index in [-0.39, 0.29) is 0 Å². The van der Waals surface area contributed by atoms with E-state index in [4.69, 9.17) is 28.9 Å². The lowest BCUT2D eigenvalue weighted by Crippen LogP contribution is -2.15. The summed E-state index contributed by atoms with van der Waals surface area (Å²) in [4.78, 5) is 0. The van der Waals surface area contributed by atoms with Crippen LogP contribution in [0.15, 0.2) is 12.1 Å². The van der Waals surface area contributed by atoms with Crippen LogP contribution in [0.4, 0.5) is 5.69 Å². The van der Waals surface area contributed by atoms with Crippen molar-refractivity contribution in [2.24, 2.45) is 5.92 Å². The molecule has 0 bridgehead atoms. The number of aromatic nitrogens is 4. The van der Waals surface area contributed by atoms with Gasteiger partial charge in [0.05, 0.1) is 10.0 Å². The Morgan fingerprint density at radius 1 is 1.30 bits per heavy atom. The zero-order valence-corrected chi connectivity index (χ0v) is 12.4. The van der Waals surface area contributed by atoms with Crippen LogP contribution in [0.1, 0.15) is 25.7 Å². The van der Waals surface area contributed by atoms with Crippen LogP contribution in [0, 0.1) is 5.92 Å². The van der Waals surface area contributed by atoms with Gasteiger partial charge in [-0.25, -0.2) is 4.68 Å². The van der Waals surface area contributed by atoms with Crippen LogP contribution >= 0.6 is 23.2 Å². The third-order valence-electron chi connectivity index (χ3n) is 3.80. The second-order valence-electron chi connectivity index (χ2n) is 5.18. The van der Waals surface area contributed by atoms with Crippen LogP contribution < -0.4 is 5.73 Å². The normalized spacial score (nSPS) is 15.3. The van der Waals surface area contributed by atoms with Crippen molar-refractivity contribution in [2.75, 3.05) is 5.73 Å². The highest BCUT2D eigenvalue weighted by Crippen LogP contribution is 2.35. The first-order chi connectivity index (χ1) is 9.65. The number of aryl methyl sites for hydroxylation is 1. The molecule has 0 spiro atoms. The molecule has 1 fully saturated rings. The molecular weight excluding hydrogens is 297 g/mol. The van der Waals surface area contributed by atoms with E-state index in [0.717, 1.165) is 18.9 Å². The highest BCUT2D eigenvalue weighted by molar-refractivity contribution is 6.43. The number of hydrogen-bond donors (Lipinski definition) is 1. The molecule has 1 aromatic heterocycles. The second kappa shape index (κ2) is 5.58. The van der Waals surface area contributed by atoms with Crippen molar-refractivity contribution >= 4 is 28.9 Å². The minimum absolute atomic E-state index is 0.412. The van der Waals surface area contributed by atoms with Gasteiger partial charge in [-0.05, 0) is 34.9 Å². The van der Waals surface area contributed by atoms with Gasteiger partial charge in [-0.15, -0.1) is 5.10 Å². The van der Waals surface area contributed by atoms with Crippen LogP contribution in [0.3, 0.4) is 0 Å². The van der Waals surface area contributed by atoms with Crippen LogP contribution in [0.25, 0.3) is 11.4 Å². The molecule has 0 radical (unpaired) electrons. The van der Waals surface area contributed by atoms with Crippen molar-refractivity contribution in [1.82, 2.24) is 20.2 Å². The number of rotatable bonds is 4. The molecule has 2 aromatic rings. The van der Waals surface area contributed by atoms with E-state index < -0.39 is 0 Å². The summed E-state index contributed by atoms with van der Waals surface area (Å²) in [6.07, 6.45) is 5.04. The maximum Gasteiger partial charge on any atom is 0.183 e. The van der Waals surface area contributed by atoms with E-state index in [1.807, 2.05) is 0 Å². The molecule has 106 valence electrons. The summed E-state index contributed by atoms with van der Waals surface area (Å²) in [6.45, 7) is 0.787. The van der Waals surface area contributed by atoms with Crippen LogP contribution in [0.2, 0.25) is 10.0 Å². The quantitative estimate of drug-likeness (QED) is 0.878. The first-order valence-corrected chi connectivity index (χ1v) is 7.42. The number of benzene rings is 1. The van der Waals surface area contributed by atoms with Gasteiger partial charge in [-0.1, -0.05) is 42.5 Å². The lowest BCUT2D eigenvalue weighted by atomic mass is 9.83. The Morgan fingerprint density at radius 2 is 2.10 bits per heavy atom. The predicted molar refractivity (Wildman–Crippen MR) is 79.6 cm³/mol. The number of halogens is 2. The van der Waals surface area contributed by atoms with Gasteiger partial charge in [-0.3, -0.25) is 0 Å². The fourth-order valence-corrected chi connectivity index (χ4v) is 2.83. The Hall–Kier alpha value is -1.33. The molecule has 20 heavy (non-hydrogen) atoms. The monoisotopic (exact) mass is 311 g/mol. The van der Waals surface area contributed by atoms with Gasteiger partial charge in [0.1, 0.15) is 0 Å². The molecule has 3 rings (SSSR count). The van der Waals surface area contributed by atoms with E-state index in [0.29, 0.717) is 27.1 Å². The SMILES string of the molecule is Nc1cc(Cl)c(Cl)c(-c2nnnn2CCC2CCC2)c1. The maximum atomic E-state index is 6.23. The van der Waals surface area contributed by atoms with E-state index in [9.17, 15) is 0 Å². The lowest BCUT2D eigenvalue weighted by molar-refractivity contribution is 0.277. The fourth-order valence-electron chi connectivity index (χ4n) is 2.41. The molecule has 1 aliphatic rings. The summed E-state index contributed by atoms with van der Waals surface area (Å²) >= 11 is 12.3. The zero-order valence-electron chi connectivity index (χ0n) is 10.9. The number of nitrogen functional groups attached to an aromatic ring is 1. The van der Waals surface area contributed by atoms with E-state index in [1.54, 1.807) is 16.8 Å². The average Bonchev–Trinajstić information content (AvgIpc) is 2.80. The minimum atomic E-state index is 0.412. The van der Waals surface area contributed by atoms with Crippen LogP contribution in [-0.2, 0) is 6.54 Å². The molecule has 2 N–H and O–H groups in total. The number of anilines is 1.